The van der Waals surface area contributed by atoms with E-state index >= 15 is 0 Å². The highest BCUT2D eigenvalue weighted by Crippen LogP contribution is 2.12. The highest BCUT2D eigenvalue weighted by atomic mass is 16.5. The Morgan fingerprint density at radius 2 is 2.00 bits per heavy atom. The Morgan fingerprint density at radius 1 is 1.26 bits per heavy atom. The van der Waals surface area contributed by atoms with Crippen molar-refractivity contribution in [3.05, 3.63) is 42.5 Å². The molecular formula is C19H31N3O. The standard InChI is InChI=1S/C19H31N3O/c1-5-6-9-16-22(3)19(20-2)21-15-8-7-10-17-11-13-18(23-4)14-12-17/h5,11-14H,1,6-10,15-16H2,2-4H3,(H,20,21). The summed E-state index contributed by atoms with van der Waals surface area (Å²) in [5, 5.41) is 3.43. The molecule has 0 saturated carbocycles. The molecular weight excluding hydrogens is 286 g/mol. The van der Waals surface area contributed by atoms with Gasteiger partial charge in [-0.3, -0.25) is 4.99 Å². The number of rotatable bonds is 10. The normalized spacial score (nSPS) is 11.2. The maximum Gasteiger partial charge on any atom is 0.193 e. The molecule has 128 valence electrons. The first-order valence-corrected chi connectivity index (χ1v) is 8.37. The van der Waals surface area contributed by atoms with Crippen molar-refractivity contribution < 1.29 is 4.74 Å². The zero-order chi connectivity index (χ0) is 16.9. The number of aliphatic imine (C=N–C) groups is 1. The zero-order valence-electron chi connectivity index (χ0n) is 14.8. The van der Waals surface area contributed by atoms with Crippen LogP contribution < -0.4 is 10.1 Å². The minimum absolute atomic E-state index is 0.915. The van der Waals surface area contributed by atoms with Crippen molar-refractivity contribution in [3.8, 4) is 5.75 Å². The Morgan fingerprint density at radius 3 is 2.61 bits per heavy atom. The van der Waals surface area contributed by atoms with Crippen LogP contribution in [0.3, 0.4) is 0 Å². The molecule has 0 aliphatic rings. The van der Waals surface area contributed by atoms with Gasteiger partial charge in [-0.25, -0.2) is 0 Å². The largest absolute Gasteiger partial charge is 0.497 e. The molecule has 0 aliphatic heterocycles. The second kappa shape index (κ2) is 11.6. The van der Waals surface area contributed by atoms with Crippen LogP contribution in [-0.2, 0) is 6.42 Å². The van der Waals surface area contributed by atoms with Crippen molar-refractivity contribution in [2.75, 3.05) is 34.3 Å². The van der Waals surface area contributed by atoms with Gasteiger partial charge >= 0.3 is 0 Å². The average Bonchev–Trinajstić information content (AvgIpc) is 2.58. The summed E-state index contributed by atoms with van der Waals surface area (Å²) in [5.74, 6) is 1.89. The maximum atomic E-state index is 5.18. The number of methoxy groups -OCH3 is 1. The van der Waals surface area contributed by atoms with E-state index in [-0.39, 0.29) is 0 Å². The maximum absolute atomic E-state index is 5.18. The van der Waals surface area contributed by atoms with Gasteiger partial charge in [0.25, 0.3) is 0 Å². The molecule has 0 heterocycles. The Hall–Kier alpha value is -1.97. The van der Waals surface area contributed by atoms with Crippen LogP contribution in [0.15, 0.2) is 41.9 Å². The van der Waals surface area contributed by atoms with Crippen LogP contribution in [0.25, 0.3) is 0 Å². The summed E-state index contributed by atoms with van der Waals surface area (Å²) in [4.78, 5) is 6.51. The van der Waals surface area contributed by atoms with E-state index in [1.807, 2.05) is 25.3 Å². The third-order valence-electron chi connectivity index (χ3n) is 3.81. The van der Waals surface area contributed by atoms with Crippen molar-refractivity contribution in [2.45, 2.75) is 32.1 Å². The molecule has 0 aromatic heterocycles. The number of hydrogen-bond donors (Lipinski definition) is 1. The third kappa shape index (κ3) is 7.73. The summed E-state index contributed by atoms with van der Waals surface area (Å²) in [7, 11) is 5.61. The number of benzene rings is 1. The second-order valence-electron chi connectivity index (χ2n) is 5.63. The van der Waals surface area contributed by atoms with E-state index in [1.54, 1.807) is 7.11 Å². The number of nitrogens with zero attached hydrogens (tertiary/aromatic N) is 2. The molecule has 0 unspecified atom stereocenters. The van der Waals surface area contributed by atoms with Gasteiger partial charge in [-0.1, -0.05) is 18.2 Å². The first-order valence-electron chi connectivity index (χ1n) is 8.37. The van der Waals surface area contributed by atoms with Crippen LogP contribution in [0.2, 0.25) is 0 Å². The molecule has 0 atom stereocenters. The van der Waals surface area contributed by atoms with Gasteiger partial charge < -0.3 is 15.0 Å². The lowest BCUT2D eigenvalue weighted by atomic mass is 10.1. The number of hydrogen-bond acceptors (Lipinski definition) is 2. The van der Waals surface area contributed by atoms with E-state index < -0.39 is 0 Å². The molecule has 0 bridgehead atoms. The first kappa shape index (κ1) is 19.1. The van der Waals surface area contributed by atoms with Crippen molar-refractivity contribution in [1.82, 2.24) is 10.2 Å². The van der Waals surface area contributed by atoms with Gasteiger partial charge in [0.2, 0.25) is 0 Å². The molecule has 1 aromatic carbocycles. The fraction of sp³-hybridized carbons (Fsp3) is 0.526. The second-order valence-corrected chi connectivity index (χ2v) is 5.63. The van der Waals surface area contributed by atoms with E-state index in [2.05, 4.69) is 41.0 Å². The third-order valence-corrected chi connectivity index (χ3v) is 3.81. The highest BCUT2D eigenvalue weighted by Gasteiger charge is 2.04. The van der Waals surface area contributed by atoms with Crippen LogP contribution in [0.4, 0.5) is 0 Å². The van der Waals surface area contributed by atoms with Gasteiger partial charge in [0, 0.05) is 27.2 Å². The summed E-state index contributed by atoms with van der Waals surface area (Å²) >= 11 is 0. The van der Waals surface area contributed by atoms with Crippen LogP contribution in [0.5, 0.6) is 5.75 Å². The van der Waals surface area contributed by atoms with Gasteiger partial charge in [-0.2, -0.15) is 0 Å². The van der Waals surface area contributed by atoms with Gasteiger partial charge in [-0.05, 0) is 49.8 Å². The molecule has 0 aliphatic carbocycles. The molecule has 1 aromatic rings. The predicted molar refractivity (Wildman–Crippen MR) is 99.4 cm³/mol. The molecule has 0 fully saturated rings. The molecule has 0 spiro atoms. The molecule has 4 heteroatoms. The van der Waals surface area contributed by atoms with Crippen LogP contribution >= 0.6 is 0 Å². The van der Waals surface area contributed by atoms with E-state index in [1.165, 1.54) is 5.56 Å². The summed E-state index contributed by atoms with van der Waals surface area (Å²) < 4.78 is 5.18. The number of ether oxygens (including phenoxy) is 1. The highest BCUT2D eigenvalue weighted by molar-refractivity contribution is 5.79. The SMILES string of the molecule is C=CCCCN(C)C(=NC)NCCCCc1ccc(OC)cc1. The van der Waals surface area contributed by atoms with E-state index in [0.29, 0.717) is 0 Å². The van der Waals surface area contributed by atoms with Crippen LogP contribution in [0.1, 0.15) is 31.2 Å². The van der Waals surface area contributed by atoms with Gasteiger partial charge in [0.05, 0.1) is 7.11 Å². The fourth-order valence-corrected chi connectivity index (χ4v) is 2.41. The van der Waals surface area contributed by atoms with Crippen molar-refractivity contribution in [1.29, 1.82) is 0 Å². The first-order chi connectivity index (χ1) is 11.2. The summed E-state index contributed by atoms with van der Waals surface area (Å²) in [6.07, 6.45) is 7.51. The molecule has 1 rings (SSSR count). The van der Waals surface area contributed by atoms with Crippen molar-refractivity contribution in [3.63, 3.8) is 0 Å². The molecule has 0 radical (unpaired) electrons. The minimum atomic E-state index is 0.915. The Kier molecular flexibility index (Phi) is 9.60. The van der Waals surface area contributed by atoms with E-state index in [0.717, 1.165) is 56.9 Å². The molecule has 4 nitrogen and oxygen atoms in total. The molecule has 23 heavy (non-hydrogen) atoms. The smallest absolute Gasteiger partial charge is 0.193 e. The molecule has 0 saturated heterocycles. The number of unbranched alkanes of at least 4 members (excludes halogenated alkanes) is 2. The van der Waals surface area contributed by atoms with Gasteiger partial charge in [0.15, 0.2) is 5.96 Å². The quantitative estimate of drug-likeness (QED) is 0.311. The number of guanidine groups is 1. The molecule has 1 N–H and O–H groups in total. The van der Waals surface area contributed by atoms with Crippen molar-refractivity contribution >= 4 is 5.96 Å². The van der Waals surface area contributed by atoms with Gasteiger partial charge in [0.1, 0.15) is 5.75 Å². The van der Waals surface area contributed by atoms with Crippen molar-refractivity contribution in [2.24, 2.45) is 4.99 Å². The number of allylic oxidation sites excluding steroid dienone is 1. The Balaban J connectivity index is 2.20. The topological polar surface area (TPSA) is 36.9 Å². The monoisotopic (exact) mass is 317 g/mol. The van der Waals surface area contributed by atoms with Crippen LogP contribution in [0, 0.1) is 0 Å². The lowest BCUT2D eigenvalue weighted by Gasteiger charge is -2.21. The summed E-state index contributed by atoms with van der Waals surface area (Å²) in [6, 6.07) is 8.32. The van der Waals surface area contributed by atoms with Crippen LogP contribution in [-0.4, -0.2) is 45.2 Å². The predicted octanol–water partition coefficient (Wildman–Crippen LogP) is 3.49. The fourth-order valence-electron chi connectivity index (χ4n) is 2.41. The van der Waals surface area contributed by atoms with E-state index in [4.69, 9.17) is 4.74 Å². The Labute approximate surface area is 141 Å². The average molecular weight is 317 g/mol. The number of nitrogens with one attached hydrogen (secondary N) is 1. The van der Waals surface area contributed by atoms with E-state index in [9.17, 15) is 0 Å². The molecule has 0 amide bonds. The summed E-state index contributed by atoms with van der Waals surface area (Å²) in [5.41, 5.74) is 1.36. The Bertz CT molecular complexity index is 468. The summed E-state index contributed by atoms with van der Waals surface area (Å²) in [6.45, 7) is 5.71. The van der Waals surface area contributed by atoms with Gasteiger partial charge in [-0.15, -0.1) is 6.58 Å². The number of aryl methyl sites for hydroxylation is 1. The lowest BCUT2D eigenvalue weighted by molar-refractivity contribution is 0.414. The minimum Gasteiger partial charge on any atom is -0.497 e. The zero-order valence-corrected chi connectivity index (χ0v) is 14.8. The lowest BCUT2D eigenvalue weighted by Crippen LogP contribution is -2.39.